The van der Waals surface area contributed by atoms with Crippen molar-refractivity contribution in [3.8, 4) is 0 Å². The van der Waals surface area contributed by atoms with E-state index >= 15 is 0 Å². The highest BCUT2D eigenvalue weighted by Gasteiger charge is 2.11. The molecule has 0 aliphatic rings. The molecule has 3 rings (SSSR count). The van der Waals surface area contributed by atoms with Gasteiger partial charge in [-0.25, -0.2) is 4.98 Å². The monoisotopic (exact) mass is 322 g/mol. The molecule has 5 nitrogen and oxygen atoms in total. The van der Waals surface area contributed by atoms with Crippen LogP contribution in [0.1, 0.15) is 23.9 Å². The molecule has 0 spiro atoms. The Balaban J connectivity index is 1.75. The normalized spacial score (nSPS) is 10.6. The topological polar surface area (TPSA) is 54.2 Å². The van der Waals surface area contributed by atoms with E-state index in [0.29, 0.717) is 6.54 Å². The van der Waals surface area contributed by atoms with Crippen LogP contribution in [0, 0.1) is 6.92 Å². The number of hydrogen-bond acceptors (Lipinski definition) is 5. The second-order valence-electron chi connectivity index (χ2n) is 5.63. The van der Waals surface area contributed by atoms with Crippen LogP contribution in [0.2, 0.25) is 0 Å². The minimum atomic E-state index is 0.605. The number of furan rings is 1. The van der Waals surface area contributed by atoms with Crippen molar-refractivity contribution in [3.63, 3.8) is 0 Å². The molecular formula is C19H22N4O. The van der Waals surface area contributed by atoms with Crippen molar-refractivity contribution in [2.75, 3.05) is 16.8 Å². The second kappa shape index (κ2) is 7.64. The van der Waals surface area contributed by atoms with Crippen LogP contribution in [0.3, 0.4) is 0 Å². The molecule has 0 fully saturated rings. The molecule has 0 aliphatic carbocycles. The highest BCUT2D eigenvalue weighted by atomic mass is 16.3. The van der Waals surface area contributed by atoms with E-state index in [1.54, 1.807) is 6.26 Å². The Kier molecular flexibility index (Phi) is 5.11. The van der Waals surface area contributed by atoms with Crippen molar-refractivity contribution in [2.45, 2.75) is 26.9 Å². The van der Waals surface area contributed by atoms with E-state index in [9.17, 15) is 0 Å². The van der Waals surface area contributed by atoms with Crippen LogP contribution < -0.4 is 10.2 Å². The predicted molar refractivity (Wildman–Crippen MR) is 96.0 cm³/mol. The van der Waals surface area contributed by atoms with Crippen molar-refractivity contribution in [3.05, 3.63) is 71.8 Å². The van der Waals surface area contributed by atoms with Gasteiger partial charge in [-0.1, -0.05) is 30.3 Å². The zero-order chi connectivity index (χ0) is 16.8. The molecule has 3 aromatic rings. The summed E-state index contributed by atoms with van der Waals surface area (Å²) < 4.78 is 5.35. The number of hydrogen-bond donors (Lipinski definition) is 1. The van der Waals surface area contributed by atoms with Gasteiger partial charge in [-0.05, 0) is 31.5 Å². The maximum absolute atomic E-state index is 5.35. The lowest BCUT2D eigenvalue weighted by atomic mass is 10.2. The molecule has 2 aromatic heterocycles. The summed E-state index contributed by atoms with van der Waals surface area (Å²) in [6.07, 6.45) is 1.67. The van der Waals surface area contributed by atoms with Gasteiger partial charge in [0.25, 0.3) is 0 Å². The van der Waals surface area contributed by atoms with Gasteiger partial charge in [0.05, 0.1) is 12.8 Å². The lowest BCUT2D eigenvalue weighted by Crippen LogP contribution is -2.24. The van der Waals surface area contributed by atoms with Crippen molar-refractivity contribution < 1.29 is 4.42 Å². The minimum absolute atomic E-state index is 0.605. The van der Waals surface area contributed by atoms with E-state index in [2.05, 4.69) is 51.4 Å². The molecule has 0 aliphatic heterocycles. The molecule has 1 N–H and O–H groups in total. The lowest BCUT2D eigenvalue weighted by Gasteiger charge is -2.22. The number of nitrogens with one attached hydrogen (secondary N) is 1. The van der Waals surface area contributed by atoms with Gasteiger partial charge in [0, 0.05) is 24.8 Å². The van der Waals surface area contributed by atoms with Crippen LogP contribution in [0.15, 0.2) is 59.2 Å². The fourth-order valence-electron chi connectivity index (χ4n) is 2.50. The Morgan fingerprint density at radius 1 is 1.08 bits per heavy atom. The number of aromatic nitrogens is 2. The third-order valence-corrected chi connectivity index (χ3v) is 3.75. The fraction of sp³-hybridized carbons (Fsp3) is 0.263. The smallest absolute Gasteiger partial charge is 0.227 e. The standard InChI is InChI=1S/C19H22N4O/c1-3-23(14-16-8-5-4-6-9-16)19-21-15(2)12-18(22-19)20-13-17-10-7-11-24-17/h4-12H,3,13-14H2,1-2H3,(H,20,21,22). The summed E-state index contributed by atoms with van der Waals surface area (Å²) in [6, 6.07) is 16.1. The lowest BCUT2D eigenvalue weighted by molar-refractivity contribution is 0.518. The third kappa shape index (κ3) is 4.13. The first kappa shape index (κ1) is 16.1. The molecule has 0 amide bonds. The van der Waals surface area contributed by atoms with Gasteiger partial charge in [0.1, 0.15) is 11.6 Å². The Labute approximate surface area is 142 Å². The first-order chi connectivity index (χ1) is 11.7. The highest BCUT2D eigenvalue weighted by Crippen LogP contribution is 2.17. The average molecular weight is 322 g/mol. The van der Waals surface area contributed by atoms with Gasteiger partial charge >= 0.3 is 0 Å². The van der Waals surface area contributed by atoms with Gasteiger partial charge in [0.2, 0.25) is 5.95 Å². The Hall–Kier alpha value is -2.82. The van der Waals surface area contributed by atoms with Crippen molar-refractivity contribution >= 4 is 11.8 Å². The number of aryl methyl sites for hydroxylation is 1. The Morgan fingerprint density at radius 2 is 1.92 bits per heavy atom. The molecule has 0 atom stereocenters. The maximum Gasteiger partial charge on any atom is 0.227 e. The molecule has 2 heterocycles. The van der Waals surface area contributed by atoms with Gasteiger partial charge < -0.3 is 14.6 Å². The van der Waals surface area contributed by atoms with Crippen molar-refractivity contribution in [1.29, 1.82) is 0 Å². The van der Waals surface area contributed by atoms with E-state index in [0.717, 1.165) is 36.3 Å². The second-order valence-corrected chi connectivity index (χ2v) is 5.63. The van der Waals surface area contributed by atoms with Gasteiger partial charge in [-0.3, -0.25) is 0 Å². The van der Waals surface area contributed by atoms with E-state index in [-0.39, 0.29) is 0 Å². The Morgan fingerprint density at radius 3 is 2.62 bits per heavy atom. The summed E-state index contributed by atoms with van der Waals surface area (Å²) in [5.74, 6) is 2.42. The minimum Gasteiger partial charge on any atom is -0.467 e. The quantitative estimate of drug-likeness (QED) is 0.712. The molecule has 5 heteroatoms. The summed E-state index contributed by atoms with van der Waals surface area (Å²) in [5.41, 5.74) is 2.18. The SMILES string of the molecule is CCN(Cc1ccccc1)c1nc(C)cc(NCc2ccco2)n1. The Bertz CT molecular complexity index is 756. The first-order valence-electron chi connectivity index (χ1n) is 8.15. The van der Waals surface area contributed by atoms with Crippen LogP contribution in [-0.2, 0) is 13.1 Å². The molecule has 0 unspecified atom stereocenters. The van der Waals surface area contributed by atoms with E-state index in [1.807, 2.05) is 31.2 Å². The molecule has 24 heavy (non-hydrogen) atoms. The highest BCUT2D eigenvalue weighted by molar-refractivity contribution is 5.44. The van der Waals surface area contributed by atoms with E-state index in [4.69, 9.17) is 4.42 Å². The van der Waals surface area contributed by atoms with Crippen LogP contribution in [0.25, 0.3) is 0 Å². The van der Waals surface area contributed by atoms with E-state index in [1.165, 1.54) is 5.56 Å². The molecule has 1 aromatic carbocycles. The first-order valence-corrected chi connectivity index (χ1v) is 8.15. The average Bonchev–Trinajstić information content (AvgIpc) is 3.12. The number of benzene rings is 1. The van der Waals surface area contributed by atoms with Gasteiger partial charge in [0.15, 0.2) is 0 Å². The number of anilines is 2. The molecular weight excluding hydrogens is 300 g/mol. The maximum atomic E-state index is 5.35. The van der Waals surface area contributed by atoms with Crippen LogP contribution in [0.4, 0.5) is 11.8 Å². The summed E-state index contributed by atoms with van der Waals surface area (Å²) in [6.45, 7) is 6.34. The molecule has 0 saturated carbocycles. The summed E-state index contributed by atoms with van der Waals surface area (Å²) in [5, 5.41) is 3.30. The van der Waals surface area contributed by atoms with Crippen molar-refractivity contribution in [2.24, 2.45) is 0 Å². The molecule has 0 radical (unpaired) electrons. The van der Waals surface area contributed by atoms with Crippen LogP contribution >= 0.6 is 0 Å². The molecule has 0 saturated heterocycles. The zero-order valence-electron chi connectivity index (χ0n) is 14.1. The number of nitrogens with zero attached hydrogens (tertiary/aromatic N) is 3. The largest absolute Gasteiger partial charge is 0.467 e. The fourth-order valence-corrected chi connectivity index (χ4v) is 2.50. The predicted octanol–water partition coefficient (Wildman–Crippen LogP) is 4.02. The third-order valence-electron chi connectivity index (χ3n) is 3.75. The summed E-state index contributed by atoms with van der Waals surface area (Å²) in [7, 11) is 0. The summed E-state index contributed by atoms with van der Waals surface area (Å²) in [4.78, 5) is 11.4. The van der Waals surface area contributed by atoms with E-state index < -0.39 is 0 Å². The zero-order valence-corrected chi connectivity index (χ0v) is 14.1. The summed E-state index contributed by atoms with van der Waals surface area (Å²) >= 11 is 0. The van der Waals surface area contributed by atoms with Gasteiger partial charge in [-0.2, -0.15) is 4.98 Å². The van der Waals surface area contributed by atoms with Gasteiger partial charge in [-0.15, -0.1) is 0 Å². The van der Waals surface area contributed by atoms with Crippen molar-refractivity contribution in [1.82, 2.24) is 9.97 Å². The molecule has 124 valence electrons. The number of rotatable bonds is 7. The van der Waals surface area contributed by atoms with Crippen LogP contribution in [0.5, 0.6) is 0 Å². The van der Waals surface area contributed by atoms with Crippen LogP contribution in [-0.4, -0.2) is 16.5 Å². The molecule has 0 bridgehead atoms.